The van der Waals surface area contributed by atoms with Gasteiger partial charge in [-0.2, -0.15) is 0 Å². The van der Waals surface area contributed by atoms with Gasteiger partial charge in [-0.3, -0.25) is 0 Å². The summed E-state index contributed by atoms with van der Waals surface area (Å²) >= 11 is 3.79. The topological polar surface area (TPSA) is 27.3 Å². The van der Waals surface area contributed by atoms with Crippen molar-refractivity contribution in [2.45, 2.75) is 0 Å². The molecule has 0 bridgehead atoms. The Morgan fingerprint density at radius 3 is 1.17 bits per heavy atom. The molecule has 0 N–H and O–H groups in total. The van der Waals surface area contributed by atoms with E-state index in [1.165, 1.54) is 26.9 Å². The van der Waals surface area contributed by atoms with Crippen LogP contribution in [0.4, 0.5) is 17.1 Å². The second-order valence-corrected chi connectivity index (χ2v) is 17.5. The van der Waals surface area contributed by atoms with Crippen LogP contribution in [-0.2, 0) is 0 Å². The molecule has 0 aliphatic carbocycles. The SMILES string of the molecule is Brc1ccccc1Oc1cc(N(c2ccccc2)c2ccccc2)cc(-n2c3ccccc3c3c4c(c5ccccc5n4-c4ccccc4)c4c(c5ccccc5n4-c4ccccc4)c32)c1. The normalized spacial score (nSPS) is 11.7. The summed E-state index contributed by atoms with van der Waals surface area (Å²) in [5.41, 5.74) is 13.1. The Balaban J connectivity index is 1.26. The fourth-order valence-corrected chi connectivity index (χ4v) is 10.6. The van der Waals surface area contributed by atoms with E-state index in [-0.39, 0.29) is 0 Å². The van der Waals surface area contributed by atoms with Gasteiger partial charge in [-0.25, -0.2) is 0 Å². The van der Waals surface area contributed by atoms with Gasteiger partial charge in [0.15, 0.2) is 0 Å². The lowest BCUT2D eigenvalue weighted by Crippen LogP contribution is -2.10. The second kappa shape index (κ2) is 15.4. The number of rotatable bonds is 8. The summed E-state index contributed by atoms with van der Waals surface area (Å²) in [5, 5.41) is 7.13. The van der Waals surface area contributed by atoms with Gasteiger partial charge in [0.25, 0.3) is 0 Å². The third-order valence-electron chi connectivity index (χ3n) is 12.8. The zero-order chi connectivity index (χ0) is 43.7. The van der Waals surface area contributed by atoms with Gasteiger partial charge < -0.3 is 23.3 Å². The van der Waals surface area contributed by atoms with Crippen molar-refractivity contribution in [2.75, 3.05) is 4.90 Å². The lowest BCUT2D eigenvalue weighted by molar-refractivity contribution is 0.479. The van der Waals surface area contributed by atoms with E-state index >= 15 is 0 Å². The minimum absolute atomic E-state index is 0.708. The molecular weight excluding hydrogens is 873 g/mol. The molecule has 3 aromatic heterocycles. The zero-order valence-electron chi connectivity index (χ0n) is 35.6. The maximum absolute atomic E-state index is 6.95. The predicted octanol–water partition coefficient (Wildman–Crippen LogP) is 17.0. The molecule has 0 amide bonds. The third-order valence-corrected chi connectivity index (χ3v) is 13.5. The van der Waals surface area contributed by atoms with Gasteiger partial charge in [-0.1, -0.05) is 140 Å². The Morgan fingerprint density at radius 2 is 0.712 bits per heavy atom. The van der Waals surface area contributed by atoms with Crippen LogP contribution >= 0.6 is 15.9 Å². The van der Waals surface area contributed by atoms with E-state index in [2.05, 4.69) is 247 Å². The lowest BCUT2D eigenvalue weighted by atomic mass is 10.0. The minimum Gasteiger partial charge on any atom is -0.456 e. The summed E-state index contributed by atoms with van der Waals surface area (Å²) in [4.78, 5) is 2.31. The zero-order valence-corrected chi connectivity index (χ0v) is 37.2. The molecule has 312 valence electrons. The molecule has 0 aliphatic rings. The highest BCUT2D eigenvalue weighted by Crippen LogP contribution is 2.51. The van der Waals surface area contributed by atoms with Crippen LogP contribution in [0.5, 0.6) is 11.5 Å². The summed E-state index contributed by atoms with van der Waals surface area (Å²) in [7, 11) is 0. The number of benzene rings is 10. The first kappa shape index (κ1) is 38.2. The van der Waals surface area contributed by atoms with E-state index in [1.807, 2.05) is 24.3 Å². The summed E-state index contributed by atoms with van der Waals surface area (Å²) < 4.78 is 15.3. The first-order valence-corrected chi connectivity index (χ1v) is 23.0. The van der Waals surface area contributed by atoms with Crippen LogP contribution in [-0.4, -0.2) is 13.7 Å². The van der Waals surface area contributed by atoms with Gasteiger partial charge in [0.2, 0.25) is 0 Å². The molecule has 0 radical (unpaired) electrons. The van der Waals surface area contributed by atoms with Crippen LogP contribution in [0.25, 0.3) is 82.5 Å². The third kappa shape index (κ3) is 5.92. The highest BCUT2D eigenvalue weighted by atomic mass is 79.9. The van der Waals surface area contributed by atoms with Crippen LogP contribution in [0.3, 0.4) is 0 Å². The smallest absolute Gasteiger partial charge is 0.141 e. The minimum atomic E-state index is 0.708. The standard InChI is InChI=1S/C60H39BrN4O/c61-50-32-16-20-36-54(50)66-46-38-44(62(40-21-5-1-6-22-40)41-23-7-2-8-24-41)37-45(39-46)65-53-35-19-15-31-49(53)57-59-55(47-29-13-17-33-51(47)63(59)42-25-9-3-10-26-42)58-56(60(57)65)48-30-14-18-34-52(48)64(58)43-27-11-4-12-28-43/h1-39H. The molecule has 13 rings (SSSR count). The fraction of sp³-hybridized carbons (Fsp3) is 0. The van der Waals surface area contributed by atoms with E-state index in [4.69, 9.17) is 4.74 Å². The maximum atomic E-state index is 6.95. The number of nitrogens with zero attached hydrogens (tertiary/aromatic N) is 4. The molecule has 0 spiro atoms. The van der Waals surface area contributed by atoms with Crippen molar-refractivity contribution in [2.24, 2.45) is 0 Å². The van der Waals surface area contributed by atoms with E-state index in [0.717, 1.165) is 82.8 Å². The van der Waals surface area contributed by atoms with E-state index in [0.29, 0.717) is 5.75 Å². The molecule has 5 nitrogen and oxygen atoms in total. The van der Waals surface area contributed by atoms with Gasteiger partial charge in [0.05, 0.1) is 48.9 Å². The van der Waals surface area contributed by atoms with Crippen molar-refractivity contribution in [1.29, 1.82) is 0 Å². The molecule has 0 unspecified atom stereocenters. The largest absolute Gasteiger partial charge is 0.456 e. The summed E-state index contributed by atoms with van der Waals surface area (Å²) in [6.45, 7) is 0. The van der Waals surface area contributed by atoms with Crippen LogP contribution in [0.2, 0.25) is 0 Å². The number of para-hydroxylation sites is 8. The lowest BCUT2D eigenvalue weighted by Gasteiger charge is -2.27. The maximum Gasteiger partial charge on any atom is 0.141 e. The van der Waals surface area contributed by atoms with E-state index in [9.17, 15) is 0 Å². The van der Waals surface area contributed by atoms with Gasteiger partial charge in [0.1, 0.15) is 11.5 Å². The first-order valence-electron chi connectivity index (χ1n) is 22.2. The molecular formula is C60H39BrN4O. The van der Waals surface area contributed by atoms with Crippen molar-refractivity contribution in [3.63, 3.8) is 0 Å². The number of aromatic nitrogens is 3. The van der Waals surface area contributed by atoms with Gasteiger partial charge in [-0.15, -0.1) is 0 Å². The summed E-state index contributed by atoms with van der Waals surface area (Å²) in [6.07, 6.45) is 0. The van der Waals surface area contributed by atoms with Crippen LogP contribution in [0, 0.1) is 0 Å². The number of ether oxygens (including phenoxy) is 1. The van der Waals surface area contributed by atoms with Crippen LogP contribution in [0.1, 0.15) is 0 Å². The monoisotopic (exact) mass is 910 g/mol. The second-order valence-electron chi connectivity index (χ2n) is 16.6. The summed E-state index contributed by atoms with van der Waals surface area (Å²) in [5.74, 6) is 1.44. The average molecular weight is 912 g/mol. The van der Waals surface area contributed by atoms with Gasteiger partial charge >= 0.3 is 0 Å². The molecule has 0 atom stereocenters. The first-order chi connectivity index (χ1) is 32.7. The van der Waals surface area contributed by atoms with E-state index < -0.39 is 0 Å². The number of hydrogen-bond acceptors (Lipinski definition) is 2. The highest BCUT2D eigenvalue weighted by molar-refractivity contribution is 9.10. The molecule has 0 fully saturated rings. The Labute approximate surface area is 389 Å². The van der Waals surface area contributed by atoms with Crippen LogP contribution in [0.15, 0.2) is 241 Å². The molecule has 0 saturated carbocycles. The van der Waals surface area contributed by atoms with Crippen molar-refractivity contribution < 1.29 is 4.74 Å². The van der Waals surface area contributed by atoms with Crippen molar-refractivity contribution >= 4 is 98.4 Å². The average Bonchev–Trinajstić information content (AvgIpc) is 4.02. The van der Waals surface area contributed by atoms with Crippen molar-refractivity contribution in [3.8, 4) is 28.6 Å². The Bertz CT molecular complexity index is 3860. The molecule has 10 aromatic carbocycles. The fourth-order valence-electron chi connectivity index (χ4n) is 10.2. The van der Waals surface area contributed by atoms with Crippen molar-refractivity contribution in [3.05, 3.63) is 241 Å². The number of anilines is 3. The number of fused-ring (bicyclic) bond motifs is 12. The molecule has 0 aliphatic heterocycles. The number of hydrogen-bond donors (Lipinski definition) is 0. The van der Waals surface area contributed by atoms with Crippen molar-refractivity contribution in [1.82, 2.24) is 13.7 Å². The molecule has 66 heavy (non-hydrogen) atoms. The highest BCUT2D eigenvalue weighted by Gasteiger charge is 2.29. The predicted molar refractivity (Wildman–Crippen MR) is 278 cm³/mol. The molecule has 0 saturated heterocycles. The summed E-state index contributed by atoms with van der Waals surface area (Å²) in [6, 6.07) is 84.2. The molecule has 6 heteroatoms. The van der Waals surface area contributed by atoms with Crippen LogP contribution < -0.4 is 9.64 Å². The molecule has 13 aromatic rings. The Kier molecular flexibility index (Phi) is 8.93. The Morgan fingerprint density at radius 1 is 0.333 bits per heavy atom. The van der Waals surface area contributed by atoms with Gasteiger partial charge in [-0.05, 0) is 101 Å². The quantitative estimate of drug-likeness (QED) is 0.152. The Hall–Kier alpha value is -8.32. The molecule has 3 heterocycles. The number of halogens is 1. The van der Waals surface area contributed by atoms with E-state index in [1.54, 1.807) is 0 Å². The van der Waals surface area contributed by atoms with Gasteiger partial charge in [0, 0.05) is 67.2 Å².